The molecule has 106 valence electrons. The lowest BCUT2D eigenvalue weighted by molar-refractivity contribution is -0.145. The smallest absolute Gasteiger partial charge is 0.311 e. The van der Waals surface area contributed by atoms with E-state index in [2.05, 4.69) is 0 Å². The molecule has 0 fully saturated rings. The minimum atomic E-state index is -0.243. The molecule has 1 heterocycles. The van der Waals surface area contributed by atoms with Crippen LogP contribution in [0, 0.1) is 5.92 Å². The number of carbonyl (C=O) groups excluding carboxylic acids is 1. The van der Waals surface area contributed by atoms with Crippen molar-refractivity contribution >= 4 is 11.7 Å². The van der Waals surface area contributed by atoms with E-state index in [0.717, 1.165) is 16.8 Å². The van der Waals surface area contributed by atoms with Gasteiger partial charge in [-0.1, -0.05) is 60.7 Å². The van der Waals surface area contributed by atoms with Crippen LogP contribution >= 0.6 is 0 Å². The van der Waals surface area contributed by atoms with Gasteiger partial charge in [0.1, 0.15) is 0 Å². The summed E-state index contributed by atoms with van der Waals surface area (Å²) in [4.78, 5) is 16.9. The van der Waals surface area contributed by atoms with E-state index in [9.17, 15) is 4.79 Å². The topological polar surface area (TPSA) is 38.7 Å². The van der Waals surface area contributed by atoms with Crippen molar-refractivity contribution in [3.63, 3.8) is 0 Å². The first kappa shape index (κ1) is 13.6. The summed E-state index contributed by atoms with van der Waals surface area (Å²) in [6.45, 7) is 0. The molecule has 2 unspecified atom stereocenters. The van der Waals surface area contributed by atoms with Crippen molar-refractivity contribution in [2.75, 3.05) is 7.11 Å². The molecule has 0 saturated heterocycles. The van der Waals surface area contributed by atoms with Crippen LogP contribution in [0.5, 0.6) is 0 Å². The fraction of sp³-hybridized carbons (Fsp3) is 0.222. The number of hydrogen-bond acceptors (Lipinski definition) is 3. The van der Waals surface area contributed by atoms with Crippen LogP contribution in [0.3, 0.4) is 0 Å². The predicted molar refractivity (Wildman–Crippen MR) is 82.3 cm³/mol. The summed E-state index contributed by atoms with van der Waals surface area (Å²) in [6, 6.07) is 19.8. The molecule has 3 rings (SSSR count). The maximum Gasteiger partial charge on any atom is 0.311 e. The summed E-state index contributed by atoms with van der Waals surface area (Å²) in [6.07, 6.45) is 0.621. The molecule has 2 atom stereocenters. The highest BCUT2D eigenvalue weighted by atomic mass is 16.5. The fourth-order valence-corrected chi connectivity index (χ4v) is 2.77. The van der Waals surface area contributed by atoms with Gasteiger partial charge in [-0.15, -0.1) is 0 Å². The van der Waals surface area contributed by atoms with Gasteiger partial charge >= 0.3 is 5.97 Å². The Morgan fingerprint density at radius 2 is 1.67 bits per heavy atom. The van der Waals surface area contributed by atoms with Crippen LogP contribution in [0.25, 0.3) is 0 Å². The Hall–Kier alpha value is -2.42. The molecule has 0 bridgehead atoms. The molecule has 3 nitrogen and oxygen atoms in total. The van der Waals surface area contributed by atoms with Gasteiger partial charge in [0.05, 0.1) is 19.1 Å². The Bertz CT molecular complexity index is 649. The molecular formula is C18H17NO2. The average molecular weight is 279 g/mol. The molecule has 0 N–H and O–H groups in total. The summed E-state index contributed by atoms with van der Waals surface area (Å²) in [7, 11) is 1.44. The Labute approximate surface area is 124 Å². The Morgan fingerprint density at radius 1 is 1.05 bits per heavy atom. The van der Waals surface area contributed by atoms with Gasteiger partial charge in [0, 0.05) is 12.1 Å². The number of carbonyl (C=O) groups is 1. The molecule has 0 spiro atoms. The number of esters is 1. The molecule has 1 aliphatic rings. The van der Waals surface area contributed by atoms with E-state index in [1.165, 1.54) is 7.11 Å². The van der Waals surface area contributed by atoms with Crippen LogP contribution in [0.2, 0.25) is 0 Å². The van der Waals surface area contributed by atoms with Gasteiger partial charge in [0.2, 0.25) is 0 Å². The highest BCUT2D eigenvalue weighted by Gasteiger charge is 2.36. The van der Waals surface area contributed by atoms with Crippen LogP contribution in [-0.2, 0) is 9.53 Å². The van der Waals surface area contributed by atoms with Crippen molar-refractivity contribution in [2.24, 2.45) is 10.9 Å². The number of nitrogens with zero attached hydrogens (tertiary/aromatic N) is 1. The standard InChI is InChI=1S/C18H17NO2/c1-21-18(20)15-12-16(13-8-4-2-5-9-13)19-17(15)14-10-6-3-7-11-14/h2-11,15,17H,12H2,1H3. The number of ether oxygens (including phenoxy) is 1. The third-order valence-corrected chi connectivity index (χ3v) is 3.84. The zero-order valence-corrected chi connectivity index (χ0v) is 11.9. The lowest BCUT2D eigenvalue weighted by atomic mass is 9.92. The van der Waals surface area contributed by atoms with Crippen molar-refractivity contribution in [1.82, 2.24) is 0 Å². The highest BCUT2D eigenvalue weighted by molar-refractivity contribution is 6.04. The summed E-state index contributed by atoms with van der Waals surface area (Å²) in [5, 5.41) is 0. The first-order valence-corrected chi connectivity index (χ1v) is 7.04. The largest absolute Gasteiger partial charge is 0.469 e. The molecule has 0 saturated carbocycles. The minimum absolute atomic E-state index is 0.158. The zero-order chi connectivity index (χ0) is 14.7. The van der Waals surface area contributed by atoms with Crippen molar-refractivity contribution in [1.29, 1.82) is 0 Å². The second-order valence-electron chi connectivity index (χ2n) is 5.13. The number of hydrogen-bond donors (Lipinski definition) is 0. The molecule has 0 aliphatic carbocycles. The van der Waals surface area contributed by atoms with E-state index in [0.29, 0.717) is 6.42 Å². The lowest BCUT2D eigenvalue weighted by Gasteiger charge is -2.15. The van der Waals surface area contributed by atoms with E-state index in [1.807, 2.05) is 60.7 Å². The van der Waals surface area contributed by atoms with Crippen LogP contribution in [-0.4, -0.2) is 18.8 Å². The van der Waals surface area contributed by atoms with Gasteiger partial charge in [-0.05, 0) is 11.1 Å². The average Bonchev–Trinajstić information content (AvgIpc) is 3.01. The SMILES string of the molecule is COC(=O)C1CC(c2ccccc2)=NC1c1ccccc1. The molecule has 0 amide bonds. The van der Waals surface area contributed by atoms with Crippen molar-refractivity contribution in [3.05, 3.63) is 71.8 Å². The van der Waals surface area contributed by atoms with Crippen molar-refractivity contribution < 1.29 is 9.53 Å². The molecule has 0 aromatic heterocycles. The van der Waals surface area contributed by atoms with Crippen LogP contribution in [0.15, 0.2) is 65.7 Å². The number of aliphatic imine (C=N–C) groups is 1. The minimum Gasteiger partial charge on any atom is -0.469 e. The van der Waals surface area contributed by atoms with Gasteiger partial charge in [-0.2, -0.15) is 0 Å². The first-order chi connectivity index (χ1) is 10.3. The number of methoxy groups -OCH3 is 1. The molecule has 2 aromatic rings. The highest BCUT2D eigenvalue weighted by Crippen LogP contribution is 2.37. The molecule has 2 aromatic carbocycles. The second-order valence-corrected chi connectivity index (χ2v) is 5.13. The van der Waals surface area contributed by atoms with E-state index in [4.69, 9.17) is 9.73 Å². The number of rotatable bonds is 3. The molecule has 3 heteroatoms. The fourth-order valence-electron chi connectivity index (χ4n) is 2.77. The summed E-state index contributed by atoms with van der Waals surface area (Å²) in [5.74, 6) is -0.439. The molecule has 0 radical (unpaired) electrons. The Kier molecular flexibility index (Phi) is 3.82. The summed E-state index contributed by atoms with van der Waals surface area (Å²) < 4.78 is 4.96. The molecular weight excluding hydrogens is 262 g/mol. The predicted octanol–water partition coefficient (Wildman–Crippen LogP) is 3.41. The van der Waals surface area contributed by atoms with Gasteiger partial charge < -0.3 is 4.74 Å². The molecule has 1 aliphatic heterocycles. The van der Waals surface area contributed by atoms with Crippen LogP contribution in [0.1, 0.15) is 23.6 Å². The van der Waals surface area contributed by atoms with Crippen LogP contribution < -0.4 is 0 Å². The quantitative estimate of drug-likeness (QED) is 0.808. The van der Waals surface area contributed by atoms with Gasteiger partial charge in [-0.25, -0.2) is 0 Å². The zero-order valence-electron chi connectivity index (χ0n) is 11.9. The van der Waals surface area contributed by atoms with Crippen molar-refractivity contribution in [2.45, 2.75) is 12.5 Å². The van der Waals surface area contributed by atoms with Gasteiger partial charge in [0.15, 0.2) is 0 Å². The second kappa shape index (κ2) is 5.92. The maximum absolute atomic E-state index is 12.1. The van der Waals surface area contributed by atoms with E-state index in [-0.39, 0.29) is 17.9 Å². The van der Waals surface area contributed by atoms with E-state index in [1.54, 1.807) is 0 Å². The number of benzene rings is 2. The lowest BCUT2D eigenvalue weighted by Crippen LogP contribution is -2.20. The summed E-state index contributed by atoms with van der Waals surface area (Å²) in [5.41, 5.74) is 3.10. The Morgan fingerprint density at radius 3 is 2.29 bits per heavy atom. The van der Waals surface area contributed by atoms with Crippen molar-refractivity contribution in [3.8, 4) is 0 Å². The monoisotopic (exact) mass is 279 g/mol. The van der Waals surface area contributed by atoms with Gasteiger partial charge in [0.25, 0.3) is 0 Å². The normalized spacial score (nSPS) is 20.9. The third-order valence-electron chi connectivity index (χ3n) is 3.84. The summed E-state index contributed by atoms with van der Waals surface area (Å²) >= 11 is 0. The van der Waals surface area contributed by atoms with E-state index < -0.39 is 0 Å². The van der Waals surface area contributed by atoms with Crippen LogP contribution in [0.4, 0.5) is 0 Å². The van der Waals surface area contributed by atoms with Gasteiger partial charge in [-0.3, -0.25) is 9.79 Å². The first-order valence-electron chi connectivity index (χ1n) is 7.04. The van der Waals surface area contributed by atoms with E-state index >= 15 is 0 Å². The molecule has 21 heavy (non-hydrogen) atoms. The maximum atomic E-state index is 12.1. The Balaban J connectivity index is 1.97. The third kappa shape index (κ3) is 2.72.